The number of nitrogens with zero attached hydrogens (tertiary/aromatic N) is 3. The predicted molar refractivity (Wildman–Crippen MR) is 53.4 cm³/mol. The average molecular weight is 205 g/mol. The van der Waals surface area contributed by atoms with Crippen molar-refractivity contribution in [1.82, 2.24) is 9.78 Å². The van der Waals surface area contributed by atoms with E-state index in [0.717, 1.165) is 4.68 Å². The lowest BCUT2D eigenvalue weighted by molar-refractivity contribution is -0.117. The van der Waals surface area contributed by atoms with Crippen LogP contribution in [0.5, 0.6) is 0 Å². The summed E-state index contributed by atoms with van der Waals surface area (Å²) in [5.41, 5.74) is 0.717. The fraction of sp³-hybridized carbons (Fsp3) is 0.400. The number of carbonyl (C=O) groups is 1. The molecular weight excluding hydrogens is 194 g/mol. The predicted octanol–water partition coefficient (Wildman–Crippen LogP) is 0.321. The van der Waals surface area contributed by atoms with Crippen molar-refractivity contribution in [2.45, 2.75) is 27.3 Å². The van der Waals surface area contributed by atoms with Crippen molar-refractivity contribution in [3.63, 3.8) is 0 Å². The highest BCUT2D eigenvalue weighted by molar-refractivity contribution is 5.75. The van der Waals surface area contributed by atoms with E-state index in [9.17, 15) is 9.59 Å². The van der Waals surface area contributed by atoms with Crippen molar-refractivity contribution < 1.29 is 4.79 Å². The molecule has 0 unspecified atom stereocenters. The summed E-state index contributed by atoms with van der Waals surface area (Å²) in [6.45, 7) is 4.65. The van der Waals surface area contributed by atoms with E-state index >= 15 is 0 Å². The van der Waals surface area contributed by atoms with Gasteiger partial charge >= 0.3 is 0 Å². The van der Waals surface area contributed by atoms with E-state index in [4.69, 9.17) is 5.26 Å². The van der Waals surface area contributed by atoms with E-state index in [-0.39, 0.29) is 17.9 Å². The zero-order valence-electron chi connectivity index (χ0n) is 8.87. The van der Waals surface area contributed by atoms with Crippen LogP contribution in [0.1, 0.15) is 23.7 Å². The van der Waals surface area contributed by atoms with Gasteiger partial charge in [-0.2, -0.15) is 10.4 Å². The first-order valence-corrected chi connectivity index (χ1v) is 4.45. The summed E-state index contributed by atoms with van der Waals surface area (Å²) in [4.78, 5) is 22.5. The van der Waals surface area contributed by atoms with Crippen LogP contribution in [-0.4, -0.2) is 15.6 Å². The van der Waals surface area contributed by atoms with Gasteiger partial charge in [-0.05, 0) is 26.3 Å². The van der Waals surface area contributed by atoms with Crippen LogP contribution in [0, 0.1) is 25.2 Å². The van der Waals surface area contributed by atoms with Gasteiger partial charge in [0.05, 0.1) is 5.69 Å². The molecule has 0 atom stereocenters. The van der Waals surface area contributed by atoms with Crippen LogP contribution in [0.15, 0.2) is 4.79 Å². The van der Waals surface area contributed by atoms with Crippen molar-refractivity contribution in [2.24, 2.45) is 0 Å². The third-order valence-electron chi connectivity index (χ3n) is 2.12. The fourth-order valence-corrected chi connectivity index (χ4v) is 1.22. The molecule has 0 aliphatic carbocycles. The molecule has 5 heteroatoms. The van der Waals surface area contributed by atoms with Gasteiger partial charge in [0, 0.05) is 0 Å². The van der Waals surface area contributed by atoms with Crippen LogP contribution in [-0.2, 0) is 11.3 Å². The van der Waals surface area contributed by atoms with E-state index < -0.39 is 5.56 Å². The molecule has 1 aromatic rings. The Bertz CT molecular complexity index is 509. The van der Waals surface area contributed by atoms with Crippen LogP contribution in [0.25, 0.3) is 0 Å². The summed E-state index contributed by atoms with van der Waals surface area (Å²) in [5.74, 6) is -0.170. The number of Topliss-reactive ketones (excluding diaryl/α,β-unsaturated/α-hetero) is 1. The SMILES string of the molecule is CC(=O)Cn1nc(C)c(C)c(C#N)c1=O. The Balaban J connectivity index is 3.46. The first-order valence-electron chi connectivity index (χ1n) is 4.45. The van der Waals surface area contributed by atoms with Crippen LogP contribution >= 0.6 is 0 Å². The minimum atomic E-state index is -0.504. The quantitative estimate of drug-likeness (QED) is 0.696. The molecule has 0 aliphatic rings. The second kappa shape index (κ2) is 4.05. The lowest BCUT2D eigenvalue weighted by atomic mass is 10.1. The maximum absolute atomic E-state index is 11.6. The third-order valence-corrected chi connectivity index (χ3v) is 2.12. The molecule has 1 rings (SSSR count). The van der Waals surface area contributed by atoms with Crippen molar-refractivity contribution in [2.75, 3.05) is 0 Å². The van der Waals surface area contributed by atoms with Crippen molar-refractivity contribution in [3.05, 3.63) is 27.2 Å². The molecule has 5 nitrogen and oxygen atoms in total. The van der Waals surface area contributed by atoms with Gasteiger partial charge in [0.25, 0.3) is 5.56 Å². The number of aromatic nitrogens is 2. The highest BCUT2D eigenvalue weighted by atomic mass is 16.1. The highest BCUT2D eigenvalue weighted by Crippen LogP contribution is 2.04. The number of aryl methyl sites for hydroxylation is 1. The van der Waals surface area contributed by atoms with Crippen molar-refractivity contribution in [3.8, 4) is 6.07 Å². The molecule has 78 valence electrons. The maximum Gasteiger partial charge on any atom is 0.285 e. The molecule has 0 fully saturated rings. The maximum atomic E-state index is 11.6. The molecule has 0 amide bonds. The van der Waals surface area contributed by atoms with Crippen LogP contribution in [0.4, 0.5) is 0 Å². The first kappa shape index (κ1) is 11.1. The van der Waals surface area contributed by atoms with E-state index in [2.05, 4.69) is 5.10 Å². The van der Waals surface area contributed by atoms with Crippen LogP contribution in [0.3, 0.4) is 0 Å². The van der Waals surface area contributed by atoms with Gasteiger partial charge in [-0.3, -0.25) is 9.59 Å². The van der Waals surface area contributed by atoms with Gasteiger partial charge in [0.2, 0.25) is 0 Å². The van der Waals surface area contributed by atoms with Gasteiger partial charge in [-0.25, -0.2) is 4.68 Å². The molecule has 0 bridgehead atoms. The van der Waals surface area contributed by atoms with Crippen LogP contribution < -0.4 is 5.56 Å². The Labute approximate surface area is 87.0 Å². The second-order valence-electron chi connectivity index (χ2n) is 3.36. The molecule has 0 N–H and O–H groups in total. The Morgan fingerprint density at radius 3 is 2.60 bits per heavy atom. The normalized spacial score (nSPS) is 9.73. The number of hydrogen-bond donors (Lipinski definition) is 0. The zero-order chi connectivity index (χ0) is 11.6. The average Bonchev–Trinajstić information content (AvgIpc) is 2.14. The number of rotatable bonds is 2. The molecule has 15 heavy (non-hydrogen) atoms. The standard InChI is InChI=1S/C10H11N3O2/c1-6(14)5-13-10(15)9(4-11)7(2)8(3)12-13/h5H2,1-3H3. The van der Waals surface area contributed by atoms with E-state index in [1.807, 2.05) is 6.07 Å². The zero-order valence-corrected chi connectivity index (χ0v) is 8.87. The Morgan fingerprint density at radius 1 is 1.53 bits per heavy atom. The summed E-state index contributed by atoms with van der Waals surface area (Å²) in [6.07, 6.45) is 0. The molecule has 1 heterocycles. The molecule has 0 aromatic carbocycles. The Morgan fingerprint density at radius 2 is 2.13 bits per heavy atom. The lowest BCUT2D eigenvalue weighted by Crippen LogP contribution is -2.29. The first-order chi connectivity index (χ1) is 6.97. The Kier molecular flexibility index (Phi) is 3.00. The van der Waals surface area contributed by atoms with Crippen LogP contribution in [0.2, 0.25) is 0 Å². The van der Waals surface area contributed by atoms with E-state index in [0.29, 0.717) is 11.3 Å². The molecule has 0 aliphatic heterocycles. The minimum absolute atomic E-state index is 0.0590. The number of ketones is 1. The number of carbonyl (C=O) groups excluding carboxylic acids is 1. The second-order valence-corrected chi connectivity index (χ2v) is 3.36. The molecular formula is C10H11N3O2. The number of nitriles is 1. The fourth-order valence-electron chi connectivity index (χ4n) is 1.22. The summed E-state index contributed by atoms with van der Waals surface area (Å²) < 4.78 is 1.03. The van der Waals surface area contributed by atoms with Gasteiger partial charge in [0.1, 0.15) is 18.2 Å². The smallest absolute Gasteiger partial charge is 0.285 e. The van der Waals surface area contributed by atoms with E-state index in [1.165, 1.54) is 6.92 Å². The summed E-state index contributed by atoms with van der Waals surface area (Å²) in [7, 11) is 0. The van der Waals surface area contributed by atoms with Gasteiger partial charge in [-0.15, -0.1) is 0 Å². The monoisotopic (exact) mass is 205 g/mol. The largest absolute Gasteiger partial charge is 0.298 e. The minimum Gasteiger partial charge on any atom is -0.298 e. The molecule has 0 saturated heterocycles. The third kappa shape index (κ3) is 2.10. The summed E-state index contributed by atoms with van der Waals surface area (Å²) >= 11 is 0. The topological polar surface area (TPSA) is 75.8 Å². The van der Waals surface area contributed by atoms with Crippen molar-refractivity contribution >= 4 is 5.78 Å². The van der Waals surface area contributed by atoms with Crippen molar-refractivity contribution in [1.29, 1.82) is 5.26 Å². The molecule has 1 aromatic heterocycles. The highest BCUT2D eigenvalue weighted by Gasteiger charge is 2.11. The van der Waals surface area contributed by atoms with Gasteiger partial charge < -0.3 is 0 Å². The summed E-state index contributed by atoms with van der Waals surface area (Å²) in [6, 6.07) is 1.83. The van der Waals surface area contributed by atoms with Gasteiger partial charge in [-0.1, -0.05) is 0 Å². The summed E-state index contributed by atoms with van der Waals surface area (Å²) in [5, 5.41) is 12.8. The molecule has 0 spiro atoms. The lowest BCUT2D eigenvalue weighted by Gasteiger charge is -2.06. The van der Waals surface area contributed by atoms with E-state index in [1.54, 1.807) is 13.8 Å². The Hall–Kier alpha value is -1.96. The molecule has 0 radical (unpaired) electrons. The number of hydrogen-bond acceptors (Lipinski definition) is 4. The van der Waals surface area contributed by atoms with Gasteiger partial charge in [0.15, 0.2) is 5.78 Å². The molecule has 0 saturated carbocycles.